The maximum absolute atomic E-state index is 10.5. The summed E-state index contributed by atoms with van der Waals surface area (Å²) in [6.07, 6.45) is 0. The van der Waals surface area contributed by atoms with Gasteiger partial charge in [-0.05, 0) is 0 Å². The lowest BCUT2D eigenvalue weighted by atomic mass is 10.1. The fourth-order valence-corrected chi connectivity index (χ4v) is 0.924. The number of hydrogen-bond donors (Lipinski definition) is 3. The van der Waals surface area contributed by atoms with Crippen molar-refractivity contribution in [1.82, 2.24) is 0 Å². The maximum atomic E-state index is 10.5. The minimum Gasteiger partial charge on any atom is -0.502 e. The van der Waals surface area contributed by atoms with Crippen LogP contribution in [0.3, 0.4) is 0 Å². The van der Waals surface area contributed by atoms with Crippen LogP contribution in [0.25, 0.3) is 0 Å². The third-order valence-electron chi connectivity index (χ3n) is 1.57. The normalized spacial score (nSPS) is 9.71. The fourth-order valence-electron chi connectivity index (χ4n) is 0.924. The van der Waals surface area contributed by atoms with Gasteiger partial charge in [0.2, 0.25) is 0 Å². The van der Waals surface area contributed by atoms with Crippen molar-refractivity contribution in [3.05, 3.63) is 27.8 Å². The first-order chi connectivity index (χ1) is 6.43. The largest absolute Gasteiger partial charge is 0.502 e. The summed E-state index contributed by atoms with van der Waals surface area (Å²) in [5.74, 6) is -2.07. The van der Waals surface area contributed by atoms with Crippen molar-refractivity contribution in [2.75, 3.05) is 5.73 Å². The van der Waals surface area contributed by atoms with Crippen LogP contribution in [-0.4, -0.2) is 21.1 Å². The summed E-state index contributed by atoms with van der Waals surface area (Å²) in [6, 6.07) is 1.55. The zero-order valence-electron chi connectivity index (χ0n) is 6.80. The van der Waals surface area contributed by atoms with Crippen LogP contribution in [0.2, 0.25) is 0 Å². The average Bonchev–Trinajstić information content (AvgIpc) is 2.07. The second-order valence-corrected chi connectivity index (χ2v) is 2.49. The molecular formula is C7H6N2O5. The quantitative estimate of drug-likeness (QED) is 0.276. The monoisotopic (exact) mass is 198 g/mol. The topological polar surface area (TPSA) is 127 Å². The molecule has 0 atom stereocenters. The molecule has 14 heavy (non-hydrogen) atoms. The zero-order valence-corrected chi connectivity index (χ0v) is 6.80. The highest BCUT2D eigenvalue weighted by Crippen LogP contribution is 2.30. The van der Waals surface area contributed by atoms with Crippen LogP contribution >= 0.6 is 0 Å². The number of nitro groups is 1. The Kier molecular flexibility index (Phi) is 2.24. The molecule has 4 N–H and O–H groups in total. The molecule has 0 heterocycles. The van der Waals surface area contributed by atoms with Crippen LogP contribution in [0.5, 0.6) is 5.75 Å². The molecule has 1 rings (SSSR count). The molecule has 0 unspecified atom stereocenters. The number of phenolic OH excluding ortho intramolecular Hbond substituents is 1. The second-order valence-electron chi connectivity index (χ2n) is 2.49. The molecular weight excluding hydrogens is 192 g/mol. The number of anilines is 1. The van der Waals surface area contributed by atoms with E-state index >= 15 is 0 Å². The number of carboxylic acid groups (broad SMARTS) is 1. The molecule has 0 amide bonds. The van der Waals surface area contributed by atoms with E-state index in [0.717, 1.165) is 12.1 Å². The SMILES string of the molecule is Nc1cc([N+](=O)[O-])c(O)cc1C(=O)O. The van der Waals surface area contributed by atoms with E-state index in [2.05, 4.69) is 0 Å². The molecule has 1 aromatic carbocycles. The Hall–Kier alpha value is -2.31. The lowest BCUT2D eigenvalue weighted by Crippen LogP contribution is -2.03. The van der Waals surface area contributed by atoms with Crippen molar-refractivity contribution in [3.63, 3.8) is 0 Å². The van der Waals surface area contributed by atoms with Crippen LogP contribution in [0, 0.1) is 10.1 Å². The van der Waals surface area contributed by atoms with Gasteiger partial charge in [0.15, 0.2) is 5.75 Å². The number of nitrogens with zero attached hydrogens (tertiary/aromatic N) is 1. The molecule has 0 aliphatic rings. The van der Waals surface area contributed by atoms with Gasteiger partial charge in [0.25, 0.3) is 0 Å². The molecule has 0 fully saturated rings. The predicted molar refractivity (Wildman–Crippen MR) is 46.1 cm³/mol. The Bertz CT molecular complexity index is 375. The number of aromatic hydroxyl groups is 1. The number of nitrogen functional groups attached to an aromatic ring is 1. The average molecular weight is 198 g/mol. The molecule has 0 aliphatic carbocycles. The fraction of sp³-hybridized carbons (Fsp3) is 0. The van der Waals surface area contributed by atoms with Crippen molar-refractivity contribution in [2.45, 2.75) is 0 Å². The predicted octanol–water partition coefficient (Wildman–Crippen LogP) is 0.581. The minimum absolute atomic E-state index is 0.262. The van der Waals surface area contributed by atoms with E-state index in [9.17, 15) is 14.9 Å². The van der Waals surface area contributed by atoms with Crippen molar-refractivity contribution in [2.24, 2.45) is 0 Å². The number of benzene rings is 1. The molecule has 0 saturated heterocycles. The van der Waals surface area contributed by atoms with Crippen LogP contribution in [0.15, 0.2) is 12.1 Å². The van der Waals surface area contributed by atoms with E-state index in [-0.39, 0.29) is 11.3 Å². The number of nitro benzene ring substituents is 1. The van der Waals surface area contributed by atoms with Crippen LogP contribution in [0.4, 0.5) is 11.4 Å². The highest BCUT2D eigenvalue weighted by atomic mass is 16.6. The van der Waals surface area contributed by atoms with Crippen molar-refractivity contribution < 1.29 is 19.9 Å². The molecule has 0 aromatic heterocycles. The molecule has 1 aromatic rings. The van der Waals surface area contributed by atoms with E-state index in [1.165, 1.54) is 0 Å². The summed E-state index contributed by atoms with van der Waals surface area (Å²) in [7, 11) is 0. The van der Waals surface area contributed by atoms with Crippen molar-refractivity contribution in [3.8, 4) is 5.75 Å². The molecule has 7 heteroatoms. The summed E-state index contributed by atoms with van der Waals surface area (Å²) in [6.45, 7) is 0. The summed E-state index contributed by atoms with van der Waals surface area (Å²) < 4.78 is 0. The van der Waals surface area contributed by atoms with Crippen molar-refractivity contribution >= 4 is 17.3 Å². The van der Waals surface area contributed by atoms with Gasteiger partial charge in [-0.25, -0.2) is 4.79 Å². The van der Waals surface area contributed by atoms with Gasteiger partial charge in [0, 0.05) is 12.1 Å². The Labute approximate surface area is 77.5 Å². The Morgan fingerprint density at radius 2 is 2.07 bits per heavy atom. The Morgan fingerprint density at radius 3 is 2.50 bits per heavy atom. The van der Waals surface area contributed by atoms with Gasteiger partial charge in [0.05, 0.1) is 16.2 Å². The third kappa shape index (κ3) is 1.56. The second kappa shape index (κ2) is 3.21. The molecule has 0 aliphatic heterocycles. The summed E-state index contributed by atoms with van der Waals surface area (Å²) >= 11 is 0. The molecule has 0 bridgehead atoms. The first kappa shape index (κ1) is 9.78. The van der Waals surface area contributed by atoms with E-state index < -0.39 is 22.3 Å². The van der Waals surface area contributed by atoms with E-state index in [4.69, 9.17) is 15.9 Å². The Balaban J connectivity index is 3.38. The van der Waals surface area contributed by atoms with Gasteiger partial charge < -0.3 is 15.9 Å². The molecule has 0 saturated carbocycles. The number of carboxylic acids is 1. The summed E-state index contributed by atoms with van der Waals surface area (Å²) in [5, 5.41) is 27.9. The first-order valence-corrected chi connectivity index (χ1v) is 3.43. The van der Waals surface area contributed by atoms with Gasteiger partial charge in [-0.1, -0.05) is 0 Å². The standard InChI is InChI=1S/C7H6N2O5/c8-4-2-5(9(13)14)6(10)1-3(4)7(11)12/h1-2,10H,8H2,(H,11,12). The lowest BCUT2D eigenvalue weighted by Gasteiger charge is -2.01. The number of hydrogen-bond acceptors (Lipinski definition) is 5. The lowest BCUT2D eigenvalue weighted by molar-refractivity contribution is -0.385. The smallest absolute Gasteiger partial charge is 0.337 e. The summed E-state index contributed by atoms with van der Waals surface area (Å²) in [4.78, 5) is 19.9. The van der Waals surface area contributed by atoms with E-state index in [1.807, 2.05) is 0 Å². The number of aromatic carboxylic acids is 1. The highest BCUT2D eigenvalue weighted by molar-refractivity contribution is 5.95. The van der Waals surface area contributed by atoms with Crippen LogP contribution in [0.1, 0.15) is 10.4 Å². The van der Waals surface area contributed by atoms with Gasteiger partial charge in [-0.3, -0.25) is 10.1 Å². The maximum Gasteiger partial charge on any atom is 0.337 e. The third-order valence-corrected chi connectivity index (χ3v) is 1.57. The minimum atomic E-state index is -1.35. The number of carbonyl (C=O) groups is 1. The molecule has 0 spiro atoms. The van der Waals surface area contributed by atoms with E-state index in [1.54, 1.807) is 0 Å². The molecule has 0 radical (unpaired) electrons. The van der Waals surface area contributed by atoms with Gasteiger partial charge in [-0.2, -0.15) is 0 Å². The van der Waals surface area contributed by atoms with E-state index in [0.29, 0.717) is 0 Å². The van der Waals surface area contributed by atoms with Crippen LogP contribution < -0.4 is 5.73 Å². The summed E-state index contributed by atoms with van der Waals surface area (Å²) in [5.41, 5.74) is 3.99. The van der Waals surface area contributed by atoms with Gasteiger partial charge in [0.1, 0.15) is 0 Å². The zero-order chi connectivity index (χ0) is 10.9. The highest BCUT2D eigenvalue weighted by Gasteiger charge is 2.19. The number of nitrogens with two attached hydrogens (primary N) is 1. The van der Waals surface area contributed by atoms with Crippen LogP contribution in [-0.2, 0) is 0 Å². The Morgan fingerprint density at radius 1 is 1.50 bits per heavy atom. The van der Waals surface area contributed by atoms with Gasteiger partial charge in [-0.15, -0.1) is 0 Å². The van der Waals surface area contributed by atoms with Crippen molar-refractivity contribution in [1.29, 1.82) is 0 Å². The molecule has 74 valence electrons. The molecule has 7 nitrogen and oxygen atoms in total. The first-order valence-electron chi connectivity index (χ1n) is 3.43. The number of phenols is 1. The van der Waals surface area contributed by atoms with Gasteiger partial charge >= 0.3 is 11.7 Å². The number of rotatable bonds is 2.